The Labute approximate surface area is 119 Å². The highest BCUT2D eigenvalue weighted by Crippen LogP contribution is 2.29. The van der Waals surface area contributed by atoms with E-state index in [0.29, 0.717) is 22.8 Å². The van der Waals surface area contributed by atoms with Crippen LogP contribution < -0.4 is 11.1 Å². The average Bonchev–Trinajstić information content (AvgIpc) is 2.83. The van der Waals surface area contributed by atoms with Crippen LogP contribution in [0.1, 0.15) is 31.4 Å². The summed E-state index contributed by atoms with van der Waals surface area (Å²) in [5, 5.41) is 3.62. The highest BCUT2D eigenvalue weighted by Gasteiger charge is 2.35. The second kappa shape index (κ2) is 5.43. The third kappa shape index (κ3) is 2.72. The lowest BCUT2D eigenvalue weighted by atomic mass is 9.99. The minimum Gasteiger partial charge on any atom is -0.388 e. The van der Waals surface area contributed by atoms with Gasteiger partial charge in [0.25, 0.3) is 0 Å². The van der Waals surface area contributed by atoms with Crippen LogP contribution in [-0.4, -0.2) is 40.0 Å². The first kappa shape index (κ1) is 12.8. The van der Waals surface area contributed by atoms with Gasteiger partial charge in [-0.3, -0.25) is 9.88 Å². The molecule has 2 aliphatic rings. The van der Waals surface area contributed by atoms with Crippen LogP contribution >= 0.6 is 12.2 Å². The second-order valence-corrected chi connectivity index (χ2v) is 5.87. The number of aromatic nitrogens is 1. The molecule has 0 radical (unpaired) electrons. The van der Waals surface area contributed by atoms with E-state index in [9.17, 15) is 0 Å². The van der Waals surface area contributed by atoms with Crippen molar-refractivity contribution < 1.29 is 0 Å². The number of hydrogen-bond acceptors (Lipinski definition) is 4. The molecule has 0 spiro atoms. The molecule has 3 N–H and O–H groups in total. The Kier molecular flexibility index (Phi) is 3.66. The fourth-order valence-electron chi connectivity index (χ4n) is 3.25. The lowest BCUT2D eigenvalue weighted by molar-refractivity contribution is 0.193. The molecule has 0 bridgehead atoms. The monoisotopic (exact) mass is 276 g/mol. The molecule has 4 nitrogen and oxygen atoms in total. The maximum atomic E-state index is 5.56. The summed E-state index contributed by atoms with van der Waals surface area (Å²) in [6.45, 7) is 2.49. The number of thiocarbonyl (C=S) groups is 1. The van der Waals surface area contributed by atoms with Gasteiger partial charge < -0.3 is 11.1 Å². The predicted octanol–water partition coefficient (Wildman–Crippen LogP) is 1.75. The van der Waals surface area contributed by atoms with E-state index >= 15 is 0 Å². The van der Waals surface area contributed by atoms with Gasteiger partial charge in [-0.25, -0.2) is 0 Å². The molecule has 1 aromatic heterocycles. The minimum atomic E-state index is 0.353. The number of pyridine rings is 1. The van der Waals surface area contributed by atoms with Gasteiger partial charge in [0, 0.05) is 18.6 Å². The van der Waals surface area contributed by atoms with Crippen molar-refractivity contribution in [1.82, 2.24) is 9.88 Å². The average molecular weight is 276 g/mol. The number of rotatable bonds is 3. The first-order valence-corrected chi connectivity index (χ1v) is 7.41. The molecule has 2 fully saturated rings. The van der Waals surface area contributed by atoms with Crippen LogP contribution in [0.2, 0.25) is 0 Å². The molecule has 0 amide bonds. The first-order valence-electron chi connectivity index (χ1n) is 7.00. The van der Waals surface area contributed by atoms with Crippen LogP contribution in [-0.2, 0) is 0 Å². The summed E-state index contributed by atoms with van der Waals surface area (Å²) < 4.78 is 0. The Morgan fingerprint density at radius 3 is 2.95 bits per heavy atom. The predicted molar refractivity (Wildman–Crippen MR) is 81.4 cm³/mol. The molecule has 5 heteroatoms. The first-order chi connectivity index (χ1) is 9.24. The molecule has 2 atom stereocenters. The number of nitrogens with one attached hydrogen (secondary N) is 1. The van der Waals surface area contributed by atoms with Crippen LogP contribution in [0.15, 0.2) is 18.3 Å². The van der Waals surface area contributed by atoms with Gasteiger partial charge in [0.1, 0.15) is 4.99 Å². The SMILES string of the molecule is NC(=S)c1ccc(NC2CCN3CCCCC23)cn1. The Balaban J connectivity index is 1.66. The summed E-state index contributed by atoms with van der Waals surface area (Å²) in [4.78, 5) is 7.26. The lowest BCUT2D eigenvalue weighted by Crippen LogP contribution is -2.41. The third-order valence-electron chi connectivity index (χ3n) is 4.22. The van der Waals surface area contributed by atoms with Gasteiger partial charge in [-0.2, -0.15) is 0 Å². The van der Waals surface area contributed by atoms with Crippen molar-refractivity contribution in [3.8, 4) is 0 Å². The van der Waals surface area contributed by atoms with Crippen LogP contribution in [0, 0.1) is 0 Å². The van der Waals surface area contributed by atoms with Crippen molar-refractivity contribution in [3.05, 3.63) is 24.0 Å². The highest BCUT2D eigenvalue weighted by atomic mass is 32.1. The van der Waals surface area contributed by atoms with Gasteiger partial charge in [0.15, 0.2) is 0 Å². The Morgan fingerprint density at radius 2 is 2.21 bits per heavy atom. The molecular formula is C14H20N4S. The summed E-state index contributed by atoms with van der Waals surface area (Å²) in [5.74, 6) is 0. The van der Waals surface area contributed by atoms with E-state index in [4.69, 9.17) is 18.0 Å². The van der Waals surface area contributed by atoms with Crippen LogP contribution in [0.25, 0.3) is 0 Å². The largest absolute Gasteiger partial charge is 0.388 e. The molecule has 0 saturated carbocycles. The van der Waals surface area contributed by atoms with Crippen LogP contribution in [0.4, 0.5) is 5.69 Å². The summed E-state index contributed by atoms with van der Waals surface area (Å²) in [6, 6.07) is 5.16. The molecule has 1 aromatic rings. The fraction of sp³-hybridized carbons (Fsp3) is 0.571. The van der Waals surface area contributed by atoms with Gasteiger partial charge in [-0.15, -0.1) is 0 Å². The van der Waals surface area contributed by atoms with Gasteiger partial charge >= 0.3 is 0 Å². The number of hydrogen-bond donors (Lipinski definition) is 2. The van der Waals surface area contributed by atoms with E-state index < -0.39 is 0 Å². The van der Waals surface area contributed by atoms with E-state index in [-0.39, 0.29) is 0 Å². The number of anilines is 1. The quantitative estimate of drug-likeness (QED) is 0.824. The summed E-state index contributed by atoms with van der Waals surface area (Å²) in [7, 11) is 0. The van der Waals surface area contributed by atoms with E-state index in [1.807, 2.05) is 18.3 Å². The van der Waals surface area contributed by atoms with Gasteiger partial charge in [0.2, 0.25) is 0 Å². The van der Waals surface area contributed by atoms with E-state index in [0.717, 1.165) is 5.69 Å². The summed E-state index contributed by atoms with van der Waals surface area (Å²) in [5.41, 5.74) is 7.31. The summed E-state index contributed by atoms with van der Waals surface area (Å²) in [6.07, 6.45) is 7.09. The third-order valence-corrected chi connectivity index (χ3v) is 4.43. The Bertz CT molecular complexity index is 459. The van der Waals surface area contributed by atoms with Gasteiger partial charge in [0.05, 0.1) is 17.6 Å². The zero-order chi connectivity index (χ0) is 13.2. The number of fused-ring (bicyclic) bond motifs is 1. The van der Waals surface area contributed by atoms with Crippen molar-refractivity contribution >= 4 is 22.9 Å². The molecule has 19 heavy (non-hydrogen) atoms. The summed E-state index contributed by atoms with van der Waals surface area (Å²) >= 11 is 4.91. The number of nitrogens with zero attached hydrogens (tertiary/aromatic N) is 2. The molecule has 0 aromatic carbocycles. The van der Waals surface area contributed by atoms with E-state index in [2.05, 4.69) is 15.2 Å². The van der Waals surface area contributed by atoms with E-state index in [1.54, 1.807) is 0 Å². The Hall–Kier alpha value is -1.20. The van der Waals surface area contributed by atoms with E-state index in [1.165, 1.54) is 38.8 Å². The molecular weight excluding hydrogens is 256 g/mol. The molecule has 102 valence electrons. The maximum Gasteiger partial charge on any atom is 0.122 e. The van der Waals surface area contributed by atoms with Crippen molar-refractivity contribution in [2.24, 2.45) is 5.73 Å². The zero-order valence-electron chi connectivity index (χ0n) is 11.0. The normalized spacial score (nSPS) is 26.9. The lowest BCUT2D eigenvalue weighted by Gasteiger charge is -2.32. The molecule has 2 saturated heterocycles. The van der Waals surface area contributed by atoms with Crippen LogP contribution in [0.3, 0.4) is 0 Å². The molecule has 3 rings (SSSR count). The fourth-order valence-corrected chi connectivity index (χ4v) is 3.38. The highest BCUT2D eigenvalue weighted by molar-refractivity contribution is 7.80. The van der Waals surface area contributed by atoms with Crippen molar-refractivity contribution in [2.45, 2.75) is 37.8 Å². The van der Waals surface area contributed by atoms with Crippen molar-refractivity contribution in [1.29, 1.82) is 0 Å². The van der Waals surface area contributed by atoms with Gasteiger partial charge in [-0.05, 0) is 37.9 Å². The standard InChI is InChI=1S/C14H20N4S/c15-14(19)12-5-4-10(9-16-12)17-11-6-8-18-7-2-1-3-13(11)18/h4-5,9,11,13,17H,1-3,6-8H2,(H2,15,19). The number of piperidine rings is 1. The maximum absolute atomic E-state index is 5.56. The topological polar surface area (TPSA) is 54.2 Å². The number of nitrogens with two attached hydrogens (primary N) is 1. The van der Waals surface area contributed by atoms with Crippen molar-refractivity contribution in [3.63, 3.8) is 0 Å². The van der Waals surface area contributed by atoms with Crippen LogP contribution in [0.5, 0.6) is 0 Å². The van der Waals surface area contributed by atoms with Crippen molar-refractivity contribution in [2.75, 3.05) is 18.4 Å². The zero-order valence-corrected chi connectivity index (χ0v) is 11.8. The molecule has 3 heterocycles. The second-order valence-electron chi connectivity index (χ2n) is 5.43. The molecule has 0 aliphatic carbocycles. The molecule has 2 unspecified atom stereocenters. The smallest absolute Gasteiger partial charge is 0.122 e. The molecule has 2 aliphatic heterocycles. The Morgan fingerprint density at radius 1 is 1.32 bits per heavy atom. The minimum absolute atomic E-state index is 0.353. The van der Waals surface area contributed by atoms with Gasteiger partial charge in [-0.1, -0.05) is 18.6 Å².